The third-order valence-corrected chi connectivity index (χ3v) is 2.94. The number of benzene rings is 1. The summed E-state index contributed by atoms with van der Waals surface area (Å²) in [6.45, 7) is 1.46. The molecule has 1 rings (SSSR count). The van der Waals surface area contributed by atoms with Gasteiger partial charge < -0.3 is 15.4 Å². The number of carbonyl (C=O) groups is 2. The van der Waals surface area contributed by atoms with E-state index in [-0.39, 0.29) is 24.3 Å². The summed E-state index contributed by atoms with van der Waals surface area (Å²) in [5.41, 5.74) is 1.61. The zero-order valence-corrected chi connectivity index (χ0v) is 13.3. The molecule has 1 aromatic carbocycles. The first-order valence-electron chi connectivity index (χ1n) is 6.76. The van der Waals surface area contributed by atoms with E-state index >= 15 is 0 Å². The Morgan fingerprint density at radius 3 is 2.38 bits per heavy atom. The number of methoxy groups -OCH3 is 1. The predicted octanol–water partition coefficient (Wildman–Crippen LogP) is 1.55. The van der Waals surface area contributed by atoms with Crippen molar-refractivity contribution in [1.29, 1.82) is 0 Å². The van der Waals surface area contributed by atoms with Crippen LogP contribution in [0.2, 0.25) is 0 Å². The molecule has 0 radical (unpaired) electrons. The Kier molecular flexibility index (Phi) is 10.3. The second kappa shape index (κ2) is 11.1. The average molecular weight is 315 g/mol. The van der Waals surface area contributed by atoms with E-state index in [0.29, 0.717) is 18.5 Å². The molecule has 5 nitrogen and oxygen atoms in total. The molecule has 0 aliphatic rings. The van der Waals surface area contributed by atoms with Crippen molar-refractivity contribution in [2.45, 2.75) is 19.3 Å². The minimum Gasteiger partial charge on any atom is -0.465 e. The minimum absolute atomic E-state index is 0. The maximum atomic E-state index is 11.5. The molecule has 0 spiro atoms. The van der Waals surface area contributed by atoms with Crippen LogP contribution in [-0.2, 0) is 16.0 Å². The molecule has 0 aliphatic heterocycles. The summed E-state index contributed by atoms with van der Waals surface area (Å²) < 4.78 is 4.63. The smallest absolute Gasteiger partial charge is 0.337 e. The molecule has 21 heavy (non-hydrogen) atoms. The van der Waals surface area contributed by atoms with Gasteiger partial charge in [0.15, 0.2) is 0 Å². The number of hydrogen-bond acceptors (Lipinski definition) is 4. The van der Waals surface area contributed by atoms with Crippen molar-refractivity contribution in [1.82, 2.24) is 10.6 Å². The van der Waals surface area contributed by atoms with Crippen LogP contribution in [-0.4, -0.2) is 39.1 Å². The molecule has 1 aromatic rings. The predicted molar refractivity (Wildman–Crippen MR) is 84.9 cm³/mol. The quantitative estimate of drug-likeness (QED) is 0.564. The summed E-state index contributed by atoms with van der Waals surface area (Å²) in [4.78, 5) is 22.8. The normalized spacial score (nSPS) is 9.62. The Morgan fingerprint density at radius 1 is 1.14 bits per heavy atom. The summed E-state index contributed by atoms with van der Waals surface area (Å²) in [7, 11) is 3.23. The summed E-state index contributed by atoms with van der Waals surface area (Å²) >= 11 is 0. The molecule has 6 heteroatoms. The van der Waals surface area contributed by atoms with Gasteiger partial charge in [-0.2, -0.15) is 0 Å². The lowest BCUT2D eigenvalue weighted by Crippen LogP contribution is -2.26. The van der Waals surface area contributed by atoms with Crippen LogP contribution in [0, 0.1) is 0 Å². The van der Waals surface area contributed by atoms with E-state index in [1.807, 2.05) is 19.2 Å². The summed E-state index contributed by atoms with van der Waals surface area (Å²) in [6.07, 6.45) is 2.14. The highest BCUT2D eigenvalue weighted by Crippen LogP contribution is 2.06. The van der Waals surface area contributed by atoms with Gasteiger partial charge >= 0.3 is 5.97 Å². The van der Waals surface area contributed by atoms with Crippen LogP contribution < -0.4 is 10.6 Å². The maximum Gasteiger partial charge on any atom is 0.337 e. The van der Waals surface area contributed by atoms with Gasteiger partial charge in [-0.15, -0.1) is 12.4 Å². The Bertz CT molecular complexity index is 435. The van der Waals surface area contributed by atoms with Crippen LogP contribution in [0.4, 0.5) is 0 Å². The molecule has 2 N–H and O–H groups in total. The number of hydrogen-bond donors (Lipinski definition) is 2. The van der Waals surface area contributed by atoms with E-state index in [1.165, 1.54) is 7.11 Å². The molecule has 118 valence electrons. The van der Waals surface area contributed by atoms with Crippen LogP contribution >= 0.6 is 12.4 Å². The van der Waals surface area contributed by atoms with E-state index in [0.717, 1.165) is 24.9 Å². The third kappa shape index (κ3) is 7.68. The van der Waals surface area contributed by atoms with Gasteiger partial charge in [0.25, 0.3) is 0 Å². The zero-order valence-electron chi connectivity index (χ0n) is 12.5. The molecule has 0 bridgehead atoms. The number of halogens is 1. The Balaban J connectivity index is 0.00000400. The second-order valence-corrected chi connectivity index (χ2v) is 4.50. The van der Waals surface area contributed by atoms with E-state index in [9.17, 15) is 9.59 Å². The van der Waals surface area contributed by atoms with E-state index < -0.39 is 0 Å². The highest BCUT2D eigenvalue weighted by Gasteiger charge is 2.04. The molecule has 0 aromatic heterocycles. The van der Waals surface area contributed by atoms with Gasteiger partial charge in [0.2, 0.25) is 5.91 Å². The van der Waals surface area contributed by atoms with Crippen molar-refractivity contribution in [3.05, 3.63) is 35.4 Å². The van der Waals surface area contributed by atoms with Crippen LogP contribution in [0.1, 0.15) is 28.8 Å². The molecular formula is C15H23ClN2O3. The molecule has 0 unspecified atom stereocenters. The number of esters is 1. The maximum absolute atomic E-state index is 11.5. The van der Waals surface area contributed by atoms with Gasteiger partial charge in [0.05, 0.1) is 12.7 Å². The largest absolute Gasteiger partial charge is 0.465 e. The summed E-state index contributed by atoms with van der Waals surface area (Å²) in [5, 5.41) is 5.89. The van der Waals surface area contributed by atoms with Gasteiger partial charge in [-0.05, 0) is 44.1 Å². The number of carbonyl (C=O) groups excluding carboxylic acids is 2. The van der Waals surface area contributed by atoms with Crippen molar-refractivity contribution in [2.75, 3.05) is 27.2 Å². The van der Waals surface area contributed by atoms with Gasteiger partial charge in [0.1, 0.15) is 0 Å². The molecule has 0 atom stereocenters. The molecule has 0 aliphatic carbocycles. The van der Waals surface area contributed by atoms with Crippen molar-refractivity contribution in [3.8, 4) is 0 Å². The topological polar surface area (TPSA) is 67.4 Å². The highest BCUT2D eigenvalue weighted by atomic mass is 35.5. The summed E-state index contributed by atoms with van der Waals surface area (Å²) in [5.74, 6) is -0.263. The number of amides is 1. The van der Waals surface area contributed by atoms with Crippen LogP contribution in [0.25, 0.3) is 0 Å². The first kappa shape index (κ1) is 19.4. The molecule has 0 saturated heterocycles. The fourth-order valence-corrected chi connectivity index (χ4v) is 1.79. The molecule has 1 amide bonds. The standard InChI is InChI=1S/C15H22N2O3.ClH/c1-16-10-3-4-14(18)17-11-9-12-5-7-13(8-6-12)15(19)20-2;/h5-8,16H,3-4,9-11H2,1-2H3,(H,17,18);1H. The highest BCUT2D eigenvalue weighted by molar-refractivity contribution is 5.89. The van der Waals surface area contributed by atoms with E-state index in [2.05, 4.69) is 15.4 Å². The lowest BCUT2D eigenvalue weighted by Gasteiger charge is -2.06. The first-order valence-corrected chi connectivity index (χ1v) is 6.76. The Hall–Kier alpha value is -1.59. The van der Waals surface area contributed by atoms with E-state index in [4.69, 9.17) is 0 Å². The van der Waals surface area contributed by atoms with Gasteiger partial charge in [-0.3, -0.25) is 4.79 Å². The minimum atomic E-state index is -0.339. The lowest BCUT2D eigenvalue weighted by atomic mass is 10.1. The number of rotatable bonds is 8. The first-order chi connectivity index (χ1) is 9.67. The fourth-order valence-electron chi connectivity index (χ4n) is 1.79. The average Bonchev–Trinajstić information content (AvgIpc) is 2.47. The van der Waals surface area contributed by atoms with Gasteiger partial charge in [-0.25, -0.2) is 4.79 Å². The fraction of sp³-hybridized carbons (Fsp3) is 0.467. The van der Waals surface area contributed by atoms with Crippen molar-refractivity contribution in [3.63, 3.8) is 0 Å². The molecular weight excluding hydrogens is 292 g/mol. The van der Waals surface area contributed by atoms with Gasteiger partial charge in [0, 0.05) is 13.0 Å². The summed E-state index contributed by atoms with van der Waals surface area (Å²) in [6, 6.07) is 7.21. The van der Waals surface area contributed by atoms with Crippen molar-refractivity contribution < 1.29 is 14.3 Å². The van der Waals surface area contributed by atoms with Crippen molar-refractivity contribution >= 4 is 24.3 Å². The Morgan fingerprint density at radius 2 is 1.81 bits per heavy atom. The third-order valence-electron chi connectivity index (χ3n) is 2.94. The number of ether oxygens (including phenoxy) is 1. The van der Waals surface area contributed by atoms with Crippen LogP contribution in [0.15, 0.2) is 24.3 Å². The second-order valence-electron chi connectivity index (χ2n) is 4.50. The van der Waals surface area contributed by atoms with E-state index in [1.54, 1.807) is 12.1 Å². The monoisotopic (exact) mass is 314 g/mol. The lowest BCUT2D eigenvalue weighted by molar-refractivity contribution is -0.121. The number of nitrogens with one attached hydrogen (secondary N) is 2. The van der Waals surface area contributed by atoms with Crippen molar-refractivity contribution in [2.24, 2.45) is 0 Å². The molecule has 0 heterocycles. The zero-order chi connectivity index (χ0) is 14.8. The van der Waals surface area contributed by atoms with Gasteiger partial charge in [-0.1, -0.05) is 12.1 Å². The molecule has 0 fully saturated rings. The van der Waals surface area contributed by atoms with Crippen LogP contribution in [0.3, 0.4) is 0 Å². The SMILES string of the molecule is CNCCCC(=O)NCCc1ccc(C(=O)OC)cc1.Cl. The van der Waals surface area contributed by atoms with Crippen LogP contribution in [0.5, 0.6) is 0 Å². The Labute approximate surface area is 131 Å². The molecule has 0 saturated carbocycles.